The molecule has 1 fully saturated rings. The van der Waals surface area contributed by atoms with Crippen molar-refractivity contribution in [2.45, 2.75) is 23.0 Å². The Hall–Kier alpha value is -1.05. The van der Waals surface area contributed by atoms with Crippen LogP contribution in [-0.2, 0) is 14.3 Å². The molecule has 1 saturated heterocycles. The Balaban J connectivity index is 2.21. The quantitative estimate of drug-likeness (QED) is 0.328. The van der Waals surface area contributed by atoms with E-state index in [4.69, 9.17) is 4.74 Å². The topological polar surface area (TPSA) is 55.8 Å². The first kappa shape index (κ1) is 14.4. The molecule has 2 heterocycles. The summed E-state index contributed by atoms with van der Waals surface area (Å²) in [5.74, 6) is -0.317. The minimum absolute atomic E-state index is 0.0363. The number of amides is 1. The van der Waals surface area contributed by atoms with E-state index in [1.165, 1.54) is 12.0 Å². The van der Waals surface area contributed by atoms with Crippen LogP contribution in [0.25, 0.3) is 0 Å². The molecule has 0 aromatic carbocycles. The molecule has 19 heavy (non-hydrogen) atoms. The fraction of sp³-hybridized carbons (Fsp3) is 0.538. The van der Waals surface area contributed by atoms with E-state index in [0.29, 0.717) is 0 Å². The number of rotatable bonds is 3. The number of alkyl halides is 1. The van der Waals surface area contributed by atoms with Gasteiger partial charge in [-0.15, -0.1) is 6.58 Å². The van der Waals surface area contributed by atoms with Crippen molar-refractivity contribution in [3.63, 3.8) is 0 Å². The lowest BCUT2D eigenvalue weighted by Crippen LogP contribution is -2.56. The number of ether oxygens (including phenoxy) is 2. The van der Waals surface area contributed by atoms with Gasteiger partial charge in [-0.25, -0.2) is 9.69 Å². The van der Waals surface area contributed by atoms with Crippen LogP contribution in [0.5, 0.6) is 0 Å². The minimum atomic E-state index is -0.574. The van der Waals surface area contributed by atoms with E-state index >= 15 is 0 Å². The monoisotopic (exact) mass is 377 g/mol. The second kappa shape index (κ2) is 5.94. The summed E-state index contributed by atoms with van der Waals surface area (Å²) >= 11 is 2.23. The SMILES string of the molecule is C=CCCC1C(=O)O[C@@H]2C(I)[C@H]1C=CN2C(=O)OC. The molecule has 0 aromatic rings. The molecule has 2 aliphatic rings. The molecular formula is C13H16INO4. The molecule has 2 rings (SSSR count). The number of hydrogen-bond acceptors (Lipinski definition) is 4. The number of fused-ring (bicyclic) bond motifs is 2. The van der Waals surface area contributed by atoms with Crippen molar-refractivity contribution in [1.29, 1.82) is 0 Å². The Kier molecular flexibility index (Phi) is 4.49. The molecule has 6 heteroatoms. The van der Waals surface area contributed by atoms with Gasteiger partial charge in [0.2, 0.25) is 0 Å². The van der Waals surface area contributed by atoms with Crippen LogP contribution in [0.3, 0.4) is 0 Å². The molecular weight excluding hydrogens is 361 g/mol. The highest BCUT2D eigenvalue weighted by Gasteiger charge is 2.48. The summed E-state index contributed by atoms with van der Waals surface area (Å²) in [6.45, 7) is 3.67. The van der Waals surface area contributed by atoms with Gasteiger partial charge in [0.05, 0.1) is 17.0 Å². The zero-order valence-corrected chi connectivity index (χ0v) is 12.8. The van der Waals surface area contributed by atoms with E-state index in [1.807, 2.05) is 6.08 Å². The molecule has 2 unspecified atom stereocenters. The molecule has 1 amide bonds. The first-order chi connectivity index (χ1) is 9.10. The Morgan fingerprint density at radius 1 is 1.68 bits per heavy atom. The van der Waals surface area contributed by atoms with Crippen molar-refractivity contribution in [3.05, 3.63) is 24.9 Å². The van der Waals surface area contributed by atoms with Gasteiger partial charge >= 0.3 is 12.1 Å². The predicted molar refractivity (Wildman–Crippen MR) is 77.5 cm³/mol. The maximum Gasteiger partial charge on any atom is 0.416 e. The number of methoxy groups -OCH3 is 1. The van der Waals surface area contributed by atoms with Crippen LogP contribution in [0.2, 0.25) is 0 Å². The van der Waals surface area contributed by atoms with E-state index in [9.17, 15) is 9.59 Å². The first-order valence-electron chi connectivity index (χ1n) is 6.10. The lowest BCUT2D eigenvalue weighted by Gasteiger charge is -2.44. The maximum absolute atomic E-state index is 12.0. The second-order valence-corrected chi connectivity index (χ2v) is 5.98. The van der Waals surface area contributed by atoms with Crippen LogP contribution < -0.4 is 0 Å². The fourth-order valence-corrected chi connectivity index (χ4v) is 3.68. The molecule has 4 atom stereocenters. The van der Waals surface area contributed by atoms with Gasteiger partial charge in [0.1, 0.15) is 0 Å². The molecule has 0 radical (unpaired) electrons. The summed E-state index contributed by atoms with van der Waals surface area (Å²) < 4.78 is 10.1. The van der Waals surface area contributed by atoms with Crippen LogP contribution in [0.15, 0.2) is 24.9 Å². The van der Waals surface area contributed by atoms with Crippen molar-refractivity contribution < 1.29 is 19.1 Å². The summed E-state index contributed by atoms with van der Waals surface area (Å²) in [7, 11) is 1.31. The first-order valence-corrected chi connectivity index (χ1v) is 7.34. The Bertz CT molecular complexity index is 423. The summed E-state index contributed by atoms with van der Waals surface area (Å²) in [4.78, 5) is 25.0. The third-order valence-electron chi connectivity index (χ3n) is 3.45. The zero-order valence-electron chi connectivity index (χ0n) is 10.6. The maximum atomic E-state index is 12.0. The Labute approximate surface area is 125 Å². The second-order valence-electron chi connectivity index (χ2n) is 4.54. The van der Waals surface area contributed by atoms with Crippen LogP contribution >= 0.6 is 22.6 Å². The van der Waals surface area contributed by atoms with Crippen LogP contribution in [0.1, 0.15) is 12.8 Å². The van der Waals surface area contributed by atoms with Gasteiger partial charge in [0.25, 0.3) is 0 Å². The normalized spacial score (nSPS) is 32.7. The molecule has 104 valence electrons. The number of halogens is 1. The molecule has 0 aromatic heterocycles. The number of nitrogens with zero attached hydrogens (tertiary/aromatic N) is 1. The van der Waals surface area contributed by atoms with Crippen LogP contribution in [0, 0.1) is 11.8 Å². The van der Waals surface area contributed by atoms with Crippen molar-refractivity contribution in [2.75, 3.05) is 7.11 Å². The van der Waals surface area contributed by atoms with Gasteiger partial charge < -0.3 is 9.47 Å². The van der Waals surface area contributed by atoms with Crippen LogP contribution in [0.4, 0.5) is 4.79 Å². The summed E-state index contributed by atoms with van der Waals surface area (Å²) in [5.41, 5.74) is 0. The number of esters is 1. The van der Waals surface area contributed by atoms with Gasteiger partial charge in [0.15, 0.2) is 6.23 Å². The standard InChI is InChI=1S/C13H16INO4/c1-3-4-5-9-8-6-7-15(13(17)18-2)11(10(8)14)19-12(9)16/h3,6-11H,1,4-5H2,2H3/t8-,9?,10?,11+/m0/s1. The van der Waals surface area contributed by atoms with Crippen molar-refractivity contribution in [1.82, 2.24) is 4.90 Å². The van der Waals surface area contributed by atoms with E-state index in [0.717, 1.165) is 12.8 Å². The zero-order chi connectivity index (χ0) is 14.0. The predicted octanol–water partition coefficient (Wildman–Crippen LogP) is 2.47. The smallest absolute Gasteiger partial charge is 0.416 e. The van der Waals surface area contributed by atoms with Crippen LogP contribution in [-0.4, -0.2) is 34.2 Å². The summed E-state index contributed by atoms with van der Waals surface area (Å²) in [5, 5.41) is 0. The van der Waals surface area contributed by atoms with E-state index < -0.39 is 12.3 Å². The fourth-order valence-electron chi connectivity index (χ4n) is 2.45. The lowest BCUT2D eigenvalue weighted by molar-refractivity contribution is -0.172. The van der Waals surface area contributed by atoms with Crippen molar-refractivity contribution >= 4 is 34.7 Å². The third kappa shape index (κ3) is 2.63. The molecule has 0 N–H and O–H groups in total. The average Bonchev–Trinajstić information content (AvgIpc) is 2.40. The van der Waals surface area contributed by atoms with Crippen molar-refractivity contribution in [3.8, 4) is 0 Å². The van der Waals surface area contributed by atoms with Gasteiger partial charge in [-0.1, -0.05) is 34.7 Å². The third-order valence-corrected chi connectivity index (χ3v) is 4.90. The molecule has 0 spiro atoms. The molecule has 5 nitrogen and oxygen atoms in total. The van der Waals surface area contributed by atoms with E-state index in [1.54, 1.807) is 12.3 Å². The highest BCUT2D eigenvalue weighted by molar-refractivity contribution is 14.1. The Morgan fingerprint density at radius 3 is 3.05 bits per heavy atom. The summed E-state index contributed by atoms with van der Waals surface area (Å²) in [6.07, 6.45) is 5.77. The molecule has 0 aliphatic carbocycles. The average molecular weight is 377 g/mol. The number of carbonyl (C=O) groups excluding carboxylic acids is 2. The highest BCUT2D eigenvalue weighted by atomic mass is 127. The minimum Gasteiger partial charge on any atom is -0.452 e. The van der Waals surface area contributed by atoms with E-state index in [-0.39, 0.29) is 21.7 Å². The van der Waals surface area contributed by atoms with E-state index in [2.05, 4.69) is 33.9 Å². The molecule has 0 saturated carbocycles. The van der Waals surface area contributed by atoms with Gasteiger partial charge in [-0.3, -0.25) is 4.79 Å². The highest BCUT2D eigenvalue weighted by Crippen LogP contribution is 2.40. The van der Waals surface area contributed by atoms with Gasteiger partial charge in [-0.2, -0.15) is 0 Å². The number of allylic oxidation sites excluding steroid dienone is 2. The molecule has 2 aliphatic heterocycles. The largest absolute Gasteiger partial charge is 0.452 e. The number of hydrogen-bond donors (Lipinski definition) is 0. The van der Waals surface area contributed by atoms with Crippen molar-refractivity contribution in [2.24, 2.45) is 11.8 Å². The van der Waals surface area contributed by atoms with Gasteiger partial charge in [-0.05, 0) is 12.8 Å². The molecule has 2 bridgehead atoms. The lowest BCUT2D eigenvalue weighted by atomic mass is 9.82. The summed E-state index contributed by atoms with van der Waals surface area (Å²) in [6, 6.07) is 0. The number of carbonyl (C=O) groups is 2. The Morgan fingerprint density at radius 2 is 2.42 bits per heavy atom. The van der Waals surface area contributed by atoms with Gasteiger partial charge in [0, 0.05) is 12.1 Å².